The summed E-state index contributed by atoms with van der Waals surface area (Å²) >= 11 is 6.23. The van der Waals surface area contributed by atoms with Crippen molar-refractivity contribution >= 4 is 17.3 Å². The smallest absolute Gasteiger partial charge is 0.0640 e. The van der Waals surface area contributed by atoms with E-state index in [1.165, 1.54) is 22.5 Å². The molecule has 0 saturated heterocycles. The molecule has 2 nitrogen and oxygen atoms in total. The number of hydrogen-bond acceptors (Lipinski definition) is 1. The second-order valence-electron chi connectivity index (χ2n) is 4.98. The van der Waals surface area contributed by atoms with Crippen LogP contribution in [0.5, 0.6) is 0 Å². The number of benzene rings is 1. The molecular formula is C16H21ClN2. The lowest BCUT2D eigenvalue weighted by Gasteiger charge is -2.10. The summed E-state index contributed by atoms with van der Waals surface area (Å²) in [6.07, 6.45) is 0. The first-order valence-corrected chi connectivity index (χ1v) is 7.06. The quantitative estimate of drug-likeness (QED) is 0.857. The summed E-state index contributed by atoms with van der Waals surface area (Å²) < 4.78 is 2.33. The van der Waals surface area contributed by atoms with Gasteiger partial charge >= 0.3 is 0 Å². The number of nitrogens with one attached hydrogen (secondary N) is 1. The molecule has 0 amide bonds. The lowest BCUT2D eigenvalue weighted by Crippen LogP contribution is -2.03. The molecule has 0 spiro atoms. The predicted octanol–water partition coefficient (Wildman–Crippen LogP) is 4.70. The van der Waals surface area contributed by atoms with E-state index < -0.39 is 0 Å². The fourth-order valence-electron chi connectivity index (χ4n) is 2.49. The van der Waals surface area contributed by atoms with Gasteiger partial charge in [-0.25, -0.2) is 0 Å². The van der Waals surface area contributed by atoms with Crippen molar-refractivity contribution < 1.29 is 0 Å². The molecule has 0 unspecified atom stereocenters. The lowest BCUT2D eigenvalue weighted by molar-refractivity contribution is 0.715. The van der Waals surface area contributed by atoms with Crippen molar-refractivity contribution in [2.24, 2.45) is 0 Å². The maximum atomic E-state index is 6.23. The number of aryl methyl sites for hydroxylation is 2. The van der Waals surface area contributed by atoms with Crippen LogP contribution in [0.15, 0.2) is 24.3 Å². The predicted molar refractivity (Wildman–Crippen MR) is 83.1 cm³/mol. The zero-order chi connectivity index (χ0) is 14.0. The molecule has 102 valence electrons. The Morgan fingerprint density at radius 2 is 1.89 bits per heavy atom. The van der Waals surface area contributed by atoms with E-state index in [9.17, 15) is 0 Å². The Hall–Kier alpha value is -1.41. The zero-order valence-corrected chi connectivity index (χ0v) is 12.8. The summed E-state index contributed by atoms with van der Waals surface area (Å²) in [5.41, 5.74) is 6.15. The van der Waals surface area contributed by atoms with Gasteiger partial charge in [-0.1, -0.05) is 17.7 Å². The van der Waals surface area contributed by atoms with Gasteiger partial charge in [0, 0.05) is 24.5 Å². The van der Waals surface area contributed by atoms with E-state index in [-0.39, 0.29) is 0 Å². The average molecular weight is 277 g/mol. The minimum Gasteiger partial charge on any atom is -0.380 e. The van der Waals surface area contributed by atoms with Gasteiger partial charge < -0.3 is 9.88 Å². The highest BCUT2D eigenvalue weighted by Crippen LogP contribution is 2.24. The molecule has 0 saturated carbocycles. The Balaban J connectivity index is 2.14. The van der Waals surface area contributed by atoms with Gasteiger partial charge in [-0.3, -0.25) is 0 Å². The number of aromatic nitrogens is 1. The van der Waals surface area contributed by atoms with E-state index in [1.807, 2.05) is 19.1 Å². The van der Waals surface area contributed by atoms with E-state index in [0.717, 1.165) is 23.8 Å². The van der Waals surface area contributed by atoms with Crippen LogP contribution in [0.1, 0.15) is 29.4 Å². The standard InChI is InChI=1S/C16H21ClN2/c1-5-19-12(3)9-14(13(19)4)10-18-16-7-6-11(2)8-15(16)17/h6-9,18H,5,10H2,1-4H3. The van der Waals surface area contributed by atoms with Crippen LogP contribution in [-0.2, 0) is 13.1 Å². The zero-order valence-electron chi connectivity index (χ0n) is 12.0. The maximum Gasteiger partial charge on any atom is 0.0640 e. The van der Waals surface area contributed by atoms with Crippen molar-refractivity contribution in [2.75, 3.05) is 5.32 Å². The van der Waals surface area contributed by atoms with Crippen LogP contribution in [0.4, 0.5) is 5.69 Å². The molecule has 0 fully saturated rings. The number of nitrogens with zero attached hydrogens (tertiary/aromatic N) is 1. The Labute approximate surface area is 120 Å². The molecule has 0 radical (unpaired) electrons. The van der Waals surface area contributed by atoms with E-state index >= 15 is 0 Å². The molecule has 1 aromatic heterocycles. The van der Waals surface area contributed by atoms with Gasteiger partial charge in [0.05, 0.1) is 10.7 Å². The van der Waals surface area contributed by atoms with Crippen LogP contribution < -0.4 is 5.32 Å². The highest BCUT2D eigenvalue weighted by atomic mass is 35.5. The molecule has 0 bridgehead atoms. The molecule has 0 atom stereocenters. The van der Waals surface area contributed by atoms with Crippen LogP contribution in [0, 0.1) is 20.8 Å². The fraction of sp³-hybridized carbons (Fsp3) is 0.375. The SMILES string of the molecule is CCn1c(C)cc(CNc2ccc(C)cc2Cl)c1C. The molecule has 19 heavy (non-hydrogen) atoms. The summed E-state index contributed by atoms with van der Waals surface area (Å²) in [4.78, 5) is 0. The Bertz CT molecular complexity index is 585. The Kier molecular flexibility index (Phi) is 4.20. The van der Waals surface area contributed by atoms with Gasteiger partial charge in [0.15, 0.2) is 0 Å². The molecule has 2 aromatic rings. The van der Waals surface area contributed by atoms with Crippen LogP contribution in [-0.4, -0.2) is 4.57 Å². The first kappa shape index (κ1) is 14.0. The van der Waals surface area contributed by atoms with Crippen molar-refractivity contribution in [1.82, 2.24) is 4.57 Å². The molecule has 1 heterocycles. The van der Waals surface area contributed by atoms with Gasteiger partial charge in [0.1, 0.15) is 0 Å². The third-order valence-corrected chi connectivity index (χ3v) is 3.90. The molecule has 1 N–H and O–H groups in total. The normalized spacial score (nSPS) is 10.8. The molecule has 3 heteroatoms. The summed E-state index contributed by atoms with van der Waals surface area (Å²) in [6.45, 7) is 10.4. The molecule has 0 aliphatic rings. The van der Waals surface area contributed by atoms with Crippen LogP contribution >= 0.6 is 11.6 Å². The monoisotopic (exact) mass is 276 g/mol. The lowest BCUT2D eigenvalue weighted by atomic mass is 10.2. The number of anilines is 1. The van der Waals surface area contributed by atoms with Crippen molar-refractivity contribution in [2.45, 2.75) is 40.8 Å². The molecule has 2 rings (SSSR count). The van der Waals surface area contributed by atoms with Crippen molar-refractivity contribution in [3.63, 3.8) is 0 Å². The second kappa shape index (κ2) is 5.70. The summed E-state index contributed by atoms with van der Waals surface area (Å²) in [7, 11) is 0. The first-order valence-electron chi connectivity index (χ1n) is 6.68. The van der Waals surface area contributed by atoms with Crippen molar-refractivity contribution in [3.8, 4) is 0 Å². The molecule has 0 aliphatic heterocycles. The van der Waals surface area contributed by atoms with Crippen molar-refractivity contribution in [1.29, 1.82) is 0 Å². The molecule has 1 aromatic carbocycles. The summed E-state index contributed by atoms with van der Waals surface area (Å²) in [5, 5.41) is 4.20. The number of hydrogen-bond donors (Lipinski definition) is 1. The fourth-order valence-corrected chi connectivity index (χ4v) is 2.79. The number of halogens is 1. The molecule has 0 aliphatic carbocycles. The van der Waals surface area contributed by atoms with Crippen LogP contribution in [0.2, 0.25) is 5.02 Å². The number of rotatable bonds is 4. The highest BCUT2D eigenvalue weighted by molar-refractivity contribution is 6.33. The van der Waals surface area contributed by atoms with Gasteiger partial charge in [-0.05, 0) is 57.0 Å². The highest BCUT2D eigenvalue weighted by Gasteiger charge is 2.08. The minimum absolute atomic E-state index is 0.782. The van der Waals surface area contributed by atoms with Crippen LogP contribution in [0.3, 0.4) is 0 Å². The second-order valence-corrected chi connectivity index (χ2v) is 5.38. The van der Waals surface area contributed by atoms with Gasteiger partial charge in [-0.2, -0.15) is 0 Å². The largest absolute Gasteiger partial charge is 0.380 e. The maximum absolute atomic E-state index is 6.23. The Morgan fingerprint density at radius 3 is 2.47 bits per heavy atom. The third kappa shape index (κ3) is 2.95. The third-order valence-electron chi connectivity index (χ3n) is 3.59. The van der Waals surface area contributed by atoms with Crippen molar-refractivity contribution in [3.05, 3.63) is 51.8 Å². The van der Waals surface area contributed by atoms with Crippen LogP contribution in [0.25, 0.3) is 0 Å². The van der Waals surface area contributed by atoms with E-state index in [1.54, 1.807) is 0 Å². The average Bonchev–Trinajstić information content (AvgIpc) is 2.63. The van der Waals surface area contributed by atoms with E-state index in [0.29, 0.717) is 0 Å². The summed E-state index contributed by atoms with van der Waals surface area (Å²) in [6, 6.07) is 8.34. The topological polar surface area (TPSA) is 17.0 Å². The van der Waals surface area contributed by atoms with E-state index in [4.69, 9.17) is 11.6 Å². The van der Waals surface area contributed by atoms with Gasteiger partial charge in [0.2, 0.25) is 0 Å². The first-order chi connectivity index (χ1) is 9.02. The summed E-state index contributed by atoms with van der Waals surface area (Å²) in [5.74, 6) is 0. The minimum atomic E-state index is 0.782. The molecular weight excluding hydrogens is 256 g/mol. The van der Waals surface area contributed by atoms with Gasteiger partial charge in [0.25, 0.3) is 0 Å². The Morgan fingerprint density at radius 1 is 1.16 bits per heavy atom. The van der Waals surface area contributed by atoms with Gasteiger partial charge in [-0.15, -0.1) is 0 Å². The van der Waals surface area contributed by atoms with E-state index in [2.05, 4.69) is 42.8 Å².